The number of piperazine rings is 1. The van der Waals surface area contributed by atoms with E-state index in [0.29, 0.717) is 0 Å². The zero-order chi connectivity index (χ0) is 22.9. The third-order valence-corrected chi connectivity index (χ3v) is 8.07. The van der Waals surface area contributed by atoms with E-state index in [9.17, 15) is 10.1 Å². The number of nitro benzene ring substituents is 1. The Bertz CT molecular complexity index is 1050. The predicted molar refractivity (Wildman–Crippen MR) is 133 cm³/mol. The van der Waals surface area contributed by atoms with Gasteiger partial charge in [0.2, 0.25) is 0 Å². The first kappa shape index (κ1) is 22.3. The number of benzene rings is 1. The fourth-order valence-corrected chi connectivity index (χ4v) is 6.39. The van der Waals surface area contributed by atoms with Gasteiger partial charge in [-0.15, -0.1) is 11.3 Å². The van der Waals surface area contributed by atoms with Crippen molar-refractivity contribution in [2.45, 2.75) is 25.6 Å². The third kappa shape index (κ3) is 4.48. The van der Waals surface area contributed by atoms with Gasteiger partial charge in [0.1, 0.15) is 16.9 Å². The van der Waals surface area contributed by atoms with Gasteiger partial charge in [-0.1, -0.05) is 12.1 Å². The highest BCUT2D eigenvalue weighted by Crippen LogP contribution is 2.43. The number of nitrogens with zero attached hydrogens (tertiary/aromatic N) is 6. The highest BCUT2D eigenvalue weighted by molar-refractivity contribution is 7.16. The monoisotopic (exact) mass is 469 g/mol. The Hall–Kier alpha value is -2.53. The topological polar surface area (TPSA) is 94.5 Å². The van der Waals surface area contributed by atoms with E-state index < -0.39 is 0 Å². The van der Waals surface area contributed by atoms with Crippen molar-refractivity contribution in [3.05, 3.63) is 50.4 Å². The van der Waals surface area contributed by atoms with Crippen molar-refractivity contribution < 1.29 is 4.92 Å². The Morgan fingerprint density at radius 2 is 1.97 bits per heavy atom. The van der Waals surface area contributed by atoms with Crippen LogP contribution in [-0.2, 0) is 13.0 Å². The molecule has 2 aromatic rings. The minimum Gasteiger partial charge on any atom is -0.363 e. The molecular weight excluding hydrogens is 438 g/mol. The van der Waals surface area contributed by atoms with Gasteiger partial charge in [-0.2, -0.15) is 0 Å². The van der Waals surface area contributed by atoms with Crippen LogP contribution in [-0.4, -0.2) is 78.8 Å². The van der Waals surface area contributed by atoms with E-state index in [-0.39, 0.29) is 16.8 Å². The molecule has 176 valence electrons. The van der Waals surface area contributed by atoms with Crippen molar-refractivity contribution in [2.75, 3.05) is 57.8 Å². The first-order valence-electron chi connectivity index (χ1n) is 11.6. The van der Waals surface area contributed by atoms with Crippen molar-refractivity contribution in [1.82, 2.24) is 14.7 Å². The van der Waals surface area contributed by atoms with E-state index in [2.05, 4.69) is 26.6 Å². The normalized spacial score (nSPS) is 21.2. The maximum atomic E-state index is 11.3. The van der Waals surface area contributed by atoms with Crippen LogP contribution in [0.5, 0.6) is 0 Å². The molecule has 0 saturated carbocycles. The molecule has 3 aliphatic heterocycles. The van der Waals surface area contributed by atoms with Crippen molar-refractivity contribution in [2.24, 2.45) is 10.7 Å². The Morgan fingerprint density at radius 1 is 1.18 bits per heavy atom. The van der Waals surface area contributed by atoms with E-state index in [0.717, 1.165) is 75.9 Å². The van der Waals surface area contributed by atoms with Crippen molar-refractivity contribution in [3.63, 3.8) is 0 Å². The van der Waals surface area contributed by atoms with Crippen molar-refractivity contribution in [1.29, 1.82) is 0 Å². The molecule has 9 nitrogen and oxygen atoms in total. The van der Waals surface area contributed by atoms with Crippen LogP contribution in [0.4, 0.5) is 16.4 Å². The number of nitro groups is 1. The highest BCUT2D eigenvalue weighted by Gasteiger charge is 2.30. The number of rotatable bonds is 6. The molecule has 1 atom stereocenters. The molecule has 1 fully saturated rings. The zero-order valence-electron chi connectivity index (χ0n) is 19.0. The van der Waals surface area contributed by atoms with Crippen LogP contribution in [0.15, 0.2) is 29.3 Å². The Balaban J connectivity index is 1.13. The molecule has 33 heavy (non-hydrogen) atoms. The predicted octanol–water partition coefficient (Wildman–Crippen LogP) is 2.79. The number of fused-ring (bicyclic) bond motifs is 3. The number of para-hydroxylation sites is 2. The summed E-state index contributed by atoms with van der Waals surface area (Å²) in [6.07, 6.45) is 3.87. The van der Waals surface area contributed by atoms with Crippen LogP contribution in [0.2, 0.25) is 0 Å². The Labute approximate surface area is 198 Å². The standard InChI is InChI=1S/C23H31N7O2S/c1-26-10-7-17-20(15-26)33-23-21(17)22(24)29(16-25-23)9-4-8-27-11-13-28(14-12-27)18-5-2-3-6-19(18)30(31)32/h2-3,5-6,16,22H,4,7-15,24H2,1H3. The lowest BCUT2D eigenvalue weighted by Crippen LogP contribution is -2.47. The minimum atomic E-state index is -0.292. The highest BCUT2D eigenvalue weighted by atomic mass is 32.1. The molecule has 10 heteroatoms. The van der Waals surface area contributed by atoms with Crippen LogP contribution >= 0.6 is 11.3 Å². The fraction of sp³-hybridized carbons (Fsp3) is 0.522. The van der Waals surface area contributed by atoms with E-state index in [1.165, 1.54) is 16.0 Å². The summed E-state index contributed by atoms with van der Waals surface area (Å²) >= 11 is 1.79. The molecule has 2 N–H and O–H groups in total. The quantitative estimate of drug-likeness (QED) is 0.513. The molecule has 5 rings (SSSR count). The smallest absolute Gasteiger partial charge is 0.292 e. The molecule has 0 amide bonds. The maximum Gasteiger partial charge on any atom is 0.292 e. The summed E-state index contributed by atoms with van der Waals surface area (Å²) in [6.45, 7) is 7.34. The van der Waals surface area contributed by atoms with E-state index in [1.54, 1.807) is 23.5 Å². The number of anilines is 1. The van der Waals surface area contributed by atoms with Gasteiger partial charge in [0.25, 0.3) is 5.69 Å². The molecule has 0 spiro atoms. The summed E-state index contributed by atoms with van der Waals surface area (Å²) in [5, 5.41) is 12.4. The average Bonchev–Trinajstić information content (AvgIpc) is 3.19. The lowest BCUT2D eigenvalue weighted by atomic mass is 10.00. The Morgan fingerprint density at radius 3 is 2.76 bits per heavy atom. The summed E-state index contributed by atoms with van der Waals surface area (Å²) in [5.41, 5.74) is 10.3. The molecule has 1 aromatic carbocycles. The number of likely N-dealkylation sites (N-methyl/N-ethyl adjacent to an activating group) is 1. The first-order chi connectivity index (χ1) is 16.0. The number of hydrogen-bond donors (Lipinski definition) is 1. The van der Waals surface area contributed by atoms with Crippen LogP contribution in [0, 0.1) is 10.1 Å². The molecule has 3 aliphatic rings. The molecule has 1 aromatic heterocycles. The molecular formula is C23H31N7O2S. The van der Waals surface area contributed by atoms with E-state index >= 15 is 0 Å². The molecule has 0 radical (unpaired) electrons. The average molecular weight is 470 g/mol. The number of nitrogens with two attached hydrogens (primary N) is 1. The fourth-order valence-electron chi connectivity index (χ4n) is 5.08. The second-order valence-electron chi connectivity index (χ2n) is 9.07. The van der Waals surface area contributed by atoms with Gasteiger partial charge in [-0.25, -0.2) is 4.99 Å². The summed E-state index contributed by atoms with van der Waals surface area (Å²) in [5.74, 6) is 0. The largest absolute Gasteiger partial charge is 0.363 e. The number of hydrogen-bond acceptors (Lipinski definition) is 9. The van der Waals surface area contributed by atoms with Gasteiger partial charge >= 0.3 is 0 Å². The molecule has 0 bridgehead atoms. The van der Waals surface area contributed by atoms with Crippen LogP contribution < -0.4 is 10.6 Å². The number of thiophene rings is 1. The van der Waals surface area contributed by atoms with Crippen LogP contribution in [0.1, 0.15) is 28.6 Å². The Kier molecular flexibility index (Phi) is 6.33. The van der Waals surface area contributed by atoms with Crippen LogP contribution in [0.3, 0.4) is 0 Å². The van der Waals surface area contributed by atoms with Gasteiger partial charge in [-0.05, 0) is 38.1 Å². The summed E-state index contributed by atoms with van der Waals surface area (Å²) in [6, 6.07) is 7.02. The summed E-state index contributed by atoms with van der Waals surface area (Å²) < 4.78 is 0. The lowest BCUT2D eigenvalue weighted by Gasteiger charge is -2.36. The molecule has 1 unspecified atom stereocenters. The lowest BCUT2D eigenvalue weighted by molar-refractivity contribution is -0.384. The van der Waals surface area contributed by atoms with Gasteiger partial charge in [0.05, 0.1) is 11.3 Å². The van der Waals surface area contributed by atoms with Crippen molar-refractivity contribution in [3.8, 4) is 0 Å². The van der Waals surface area contributed by atoms with E-state index in [1.807, 2.05) is 18.5 Å². The third-order valence-electron chi connectivity index (χ3n) is 6.93. The van der Waals surface area contributed by atoms with E-state index in [4.69, 9.17) is 10.7 Å². The van der Waals surface area contributed by atoms with Gasteiger partial charge in [0, 0.05) is 62.3 Å². The van der Waals surface area contributed by atoms with Gasteiger partial charge < -0.3 is 20.4 Å². The summed E-state index contributed by atoms with van der Waals surface area (Å²) in [4.78, 5) is 26.3. The first-order valence-corrected chi connectivity index (χ1v) is 12.4. The zero-order valence-corrected chi connectivity index (χ0v) is 19.8. The SMILES string of the molecule is CN1CCc2c(sc3c2C(N)N(CCCN2CCN(c4ccccc4[N+](=O)[O-])CC2)C=N3)C1. The molecule has 1 saturated heterocycles. The maximum absolute atomic E-state index is 11.3. The van der Waals surface area contributed by atoms with Gasteiger partial charge in [-0.3, -0.25) is 15.0 Å². The second kappa shape index (κ2) is 9.38. The molecule has 0 aliphatic carbocycles. The number of aliphatic imine (C=N–C) groups is 1. The van der Waals surface area contributed by atoms with Crippen LogP contribution in [0.25, 0.3) is 0 Å². The van der Waals surface area contributed by atoms with Gasteiger partial charge in [0.15, 0.2) is 0 Å². The second-order valence-corrected chi connectivity index (χ2v) is 10.1. The molecule has 4 heterocycles. The van der Waals surface area contributed by atoms with Crippen molar-refractivity contribution >= 4 is 34.1 Å². The summed E-state index contributed by atoms with van der Waals surface area (Å²) in [7, 11) is 2.16. The minimum absolute atomic E-state index is 0.114.